The van der Waals surface area contributed by atoms with Gasteiger partial charge in [0, 0.05) is 14.2 Å². The predicted molar refractivity (Wildman–Crippen MR) is 41.3 cm³/mol. The van der Waals surface area contributed by atoms with Crippen LogP contribution in [-0.2, 0) is 18.4 Å². The fourth-order valence-electron chi connectivity index (χ4n) is 0.778. The molecule has 1 aromatic rings. The number of hydrogen-bond acceptors (Lipinski definition) is 2. The lowest BCUT2D eigenvalue weighted by Crippen LogP contribution is -1.92. The van der Waals surface area contributed by atoms with E-state index in [1.807, 2.05) is 13.1 Å². The molecule has 0 aliphatic carbocycles. The van der Waals surface area contributed by atoms with Crippen LogP contribution in [0.4, 0.5) is 0 Å². The van der Waals surface area contributed by atoms with Gasteiger partial charge in [0.15, 0.2) is 0 Å². The van der Waals surface area contributed by atoms with Gasteiger partial charge in [0.2, 0.25) is 0 Å². The normalized spacial score (nSPS) is 10.2. The lowest BCUT2D eigenvalue weighted by molar-refractivity contribution is 0.181. The monoisotopic (exact) mass is 158 g/mol. The van der Waals surface area contributed by atoms with Crippen molar-refractivity contribution in [1.82, 2.24) is 9.78 Å². The van der Waals surface area contributed by atoms with Gasteiger partial charge in [-0.3, -0.25) is 9.78 Å². The predicted octanol–water partition coefficient (Wildman–Crippen LogP) is 1.23. The van der Waals surface area contributed by atoms with E-state index in [0.717, 1.165) is 10.3 Å². The summed E-state index contributed by atoms with van der Waals surface area (Å²) in [7, 11) is 3.53. The number of nitrogens with zero attached hydrogens (tertiary/aromatic N) is 1. The molecule has 1 N–H and O–H groups in total. The molecule has 1 rings (SSSR count). The first kappa shape index (κ1) is 7.50. The van der Waals surface area contributed by atoms with Gasteiger partial charge < -0.3 is 4.74 Å². The average molecular weight is 158 g/mol. The van der Waals surface area contributed by atoms with E-state index in [1.54, 1.807) is 11.8 Å². The van der Waals surface area contributed by atoms with Gasteiger partial charge in [0.1, 0.15) is 4.64 Å². The maximum absolute atomic E-state index is 4.96. The van der Waals surface area contributed by atoms with Gasteiger partial charge in [-0.1, -0.05) is 12.2 Å². The van der Waals surface area contributed by atoms with Crippen LogP contribution in [0.1, 0.15) is 5.69 Å². The Morgan fingerprint density at radius 1 is 1.80 bits per heavy atom. The lowest BCUT2D eigenvalue weighted by atomic mass is 10.5. The minimum absolute atomic E-state index is 0.588. The third-order valence-corrected chi connectivity index (χ3v) is 1.63. The molecule has 1 aromatic heterocycles. The molecule has 3 nitrogen and oxygen atoms in total. The van der Waals surface area contributed by atoms with Crippen molar-refractivity contribution < 1.29 is 4.74 Å². The fraction of sp³-hybridized carbons (Fsp3) is 0.500. The molecular weight excluding hydrogens is 148 g/mol. The smallest absolute Gasteiger partial charge is 0.122 e. The summed E-state index contributed by atoms with van der Waals surface area (Å²) in [5, 5.41) is 3.03. The summed E-state index contributed by atoms with van der Waals surface area (Å²) < 4.78 is 7.48. The first-order valence-corrected chi connectivity index (χ1v) is 3.38. The van der Waals surface area contributed by atoms with Crippen LogP contribution in [-0.4, -0.2) is 16.9 Å². The van der Waals surface area contributed by atoms with Crippen molar-refractivity contribution in [2.75, 3.05) is 7.11 Å². The van der Waals surface area contributed by atoms with E-state index in [-0.39, 0.29) is 0 Å². The highest BCUT2D eigenvalue weighted by molar-refractivity contribution is 7.71. The Kier molecular flexibility index (Phi) is 2.24. The molecule has 4 heteroatoms. The van der Waals surface area contributed by atoms with Crippen LogP contribution < -0.4 is 0 Å². The number of ether oxygens (including phenoxy) is 1. The highest BCUT2D eigenvalue weighted by Gasteiger charge is 1.93. The Bertz CT molecular complexity index is 263. The summed E-state index contributed by atoms with van der Waals surface area (Å²) in [4.78, 5) is 0. The van der Waals surface area contributed by atoms with Crippen molar-refractivity contribution in [3.8, 4) is 0 Å². The zero-order chi connectivity index (χ0) is 7.56. The first-order valence-electron chi connectivity index (χ1n) is 2.98. The standard InChI is InChI=1S/C6H10N2OS/c1-8-6(10)3-5(7-8)4-9-2/h3,7H,4H2,1-2H3. The number of aromatic nitrogens is 2. The summed E-state index contributed by atoms with van der Waals surface area (Å²) in [5.41, 5.74) is 1.01. The molecule has 0 aliphatic heterocycles. The lowest BCUT2D eigenvalue weighted by Gasteiger charge is -1.92. The number of aryl methyl sites for hydroxylation is 1. The van der Waals surface area contributed by atoms with Gasteiger partial charge in [-0.15, -0.1) is 0 Å². The Labute approximate surface area is 64.6 Å². The molecule has 10 heavy (non-hydrogen) atoms. The van der Waals surface area contributed by atoms with Crippen LogP contribution in [0.3, 0.4) is 0 Å². The second-order valence-electron chi connectivity index (χ2n) is 2.11. The molecule has 0 atom stereocenters. The van der Waals surface area contributed by atoms with Crippen LogP contribution in [0.25, 0.3) is 0 Å². The van der Waals surface area contributed by atoms with Gasteiger partial charge in [0.05, 0.1) is 12.3 Å². The van der Waals surface area contributed by atoms with E-state index in [2.05, 4.69) is 5.10 Å². The molecule has 0 unspecified atom stereocenters. The Morgan fingerprint density at radius 2 is 2.50 bits per heavy atom. The fourth-order valence-corrected chi connectivity index (χ4v) is 0.966. The van der Waals surface area contributed by atoms with Crippen molar-refractivity contribution in [2.45, 2.75) is 6.61 Å². The molecule has 56 valence electrons. The number of aromatic amines is 1. The van der Waals surface area contributed by atoms with Crippen molar-refractivity contribution >= 4 is 12.2 Å². The topological polar surface area (TPSA) is 29.9 Å². The maximum atomic E-state index is 4.96. The van der Waals surface area contributed by atoms with Crippen LogP contribution in [0.2, 0.25) is 0 Å². The maximum Gasteiger partial charge on any atom is 0.122 e. The summed E-state index contributed by atoms with van der Waals surface area (Å²) in [6, 6.07) is 1.89. The number of methoxy groups -OCH3 is 1. The average Bonchev–Trinajstić information content (AvgIpc) is 2.14. The Hall–Kier alpha value is -0.610. The number of H-pyrrole nitrogens is 1. The van der Waals surface area contributed by atoms with E-state index in [0.29, 0.717) is 6.61 Å². The minimum Gasteiger partial charge on any atom is -0.378 e. The zero-order valence-corrected chi connectivity index (χ0v) is 6.86. The molecule has 0 radical (unpaired) electrons. The largest absolute Gasteiger partial charge is 0.378 e. The summed E-state index contributed by atoms with van der Waals surface area (Å²) >= 11 is 4.96. The molecule has 0 bridgehead atoms. The Balaban J connectivity index is 2.88. The van der Waals surface area contributed by atoms with Gasteiger partial charge >= 0.3 is 0 Å². The van der Waals surface area contributed by atoms with Crippen LogP contribution >= 0.6 is 12.2 Å². The number of hydrogen-bond donors (Lipinski definition) is 1. The first-order chi connectivity index (χ1) is 4.74. The molecular formula is C6H10N2OS. The van der Waals surface area contributed by atoms with E-state index < -0.39 is 0 Å². The number of rotatable bonds is 2. The third-order valence-electron chi connectivity index (χ3n) is 1.24. The van der Waals surface area contributed by atoms with Crippen molar-refractivity contribution in [3.63, 3.8) is 0 Å². The van der Waals surface area contributed by atoms with Gasteiger partial charge in [-0.2, -0.15) is 0 Å². The molecule has 0 saturated heterocycles. The van der Waals surface area contributed by atoms with E-state index in [1.165, 1.54) is 0 Å². The van der Waals surface area contributed by atoms with Crippen LogP contribution in [0.15, 0.2) is 6.07 Å². The highest BCUT2D eigenvalue weighted by Crippen LogP contribution is 1.97. The van der Waals surface area contributed by atoms with Gasteiger partial charge in [0.25, 0.3) is 0 Å². The molecule has 0 amide bonds. The molecule has 0 saturated carbocycles. The van der Waals surface area contributed by atoms with Gasteiger partial charge in [-0.05, 0) is 6.07 Å². The summed E-state index contributed by atoms with van der Waals surface area (Å²) in [6.07, 6.45) is 0. The second kappa shape index (κ2) is 2.98. The molecule has 0 aliphatic rings. The zero-order valence-electron chi connectivity index (χ0n) is 6.05. The number of nitrogens with one attached hydrogen (secondary N) is 1. The van der Waals surface area contributed by atoms with Crippen molar-refractivity contribution in [3.05, 3.63) is 16.4 Å². The second-order valence-corrected chi connectivity index (χ2v) is 2.53. The Morgan fingerprint density at radius 3 is 2.90 bits per heavy atom. The van der Waals surface area contributed by atoms with E-state index in [9.17, 15) is 0 Å². The van der Waals surface area contributed by atoms with E-state index in [4.69, 9.17) is 17.0 Å². The molecule has 0 spiro atoms. The van der Waals surface area contributed by atoms with Crippen LogP contribution in [0, 0.1) is 4.64 Å². The van der Waals surface area contributed by atoms with Crippen molar-refractivity contribution in [1.29, 1.82) is 0 Å². The molecule has 1 heterocycles. The summed E-state index contributed by atoms with van der Waals surface area (Å²) in [6.45, 7) is 0.588. The quantitative estimate of drug-likeness (QED) is 0.656. The summed E-state index contributed by atoms with van der Waals surface area (Å²) in [5.74, 6) is 0. The minimum atomic E-state index is 0.588. The van der Waals surface area contributed by atoms with E-state index >= 15 is 0 Å². The molecule has 0 fully saturated rings. The molecule has 0 aromatic carbocycles. The van der Waals surface area contributed by atoms with Crippen LogP contribution in [0.5, 0.6) is 0 Å². The third kappa shape index (κ3) is 1.46. The highest BCUT2D eigenvalue weighted by atomic mass is 32.1. The van der Waals surface area contributed by atoms with Gasteiger partial charge in [-0.25, -0.2) is 0 Å². The SMILES string of the molecule is COCc1cc(=S)n(C)[nH]1. The van der Waals surface area contributed by atoms with Crippen molar-refractivity contribution in [2.24, 2.45) is 7.05 Å².